The van der Waals surface area contributed by atoms with Crippen LogP contribution < -0.4 is 0 Å². The number of aliphatic hydroxyl groups excluding tert-OH is 6. The SMILES string of the molecule is CC1OC(OCC2OC(OCC3C4CCC(C4)C3(C)C)C(O)C(O)C2O)C(O)C(O)C1O. The van der Waals surface area contributed by atoms with Crippen molar-refractivity contribution in [2.45, 2.75) is 101 Å². The molecule has 6 N–H and O–H groups in total. The van der Waals surface area contributed by atoms with Crippen molar-refractivity contribution in [2.24, 2.45) is 23.2 Å². The molecular weight excluding hydrogens is 424 g/mol. The van der Waals surface area contributed by atoms with Crippen LogP contribution in [0.3, 0.4) is 0 Å². The molecule has 2 aliphatic heterocycles. The predicted molar refractivity (Wildman–Crippen MR) is 109 cm³/mol. The fourth-order valence-electron chi connectivity index (χ4n) is 6.05. The van der Waals surface area contributed by atoms with E-state index in [9.17, 15) is 30.6 Å². The first kappa shape index (κ1) is 24.7. The summed E-state index contributed by atoms with van der Waals surface area (Å²) in [5, 5.41) is 60.9. The van der Waals surface area contributed by atoms with Crippen molar-refractivity contribution in [1.29, 1.82) is 0 Å². The molecule has 2 aliphatic carbocycles. The van der Waals surface area contributed by atoms with Gasteiger partial charge in [0.15, 0.2) is 12.6 Å². The average Bonchev–Trinajstić information content (AvgIpc) is 3.33. The molecule has 0 aromatic heterocycles. The quantitative estimate of drug-likeness (QED) is 0.281. The number of hydrogen-bond acceptors (Lipinski definition) is 10. The van der Waals surface area contributed by atoms with Crippen LogP contribution in [-0.2, 0) is 18.9 Å². The van der Waals surface area contributed by atoms with Crippen molar-refractivity contribution in [3.63, 3.8) is 0 Å². The first-order valence-electron chi connectivity index (χ1n) is 11.6. The van der Waals surface area contributed by atoms with Gasteiger partial charge in [-0.05, 0) is 49.4 Å². The van der Waals surface area contributed by atoms with E-state index in [0.717, 1.165) is 0 Å². The van der Waals surface area contributed by atoms with Crippen LogP contribution in [0.25, 0.3) is 0 Å². The smallest absolute Gasteiger partial charge is 0.186 e. The molecule has 0 aromatic rings. The molecule has 10 heteroatoms. The maximum Gasteiger partial charge on any atom is 0.186 e. The summed E-state index contributed by atoms with van der Waals surface area (Å²) in [6.45, 7) is 6.13. The summed E-state index contributed by atoms with van der Waals surface area (Å²) in [6.07, 6.45) is -9.19. The molecule has 2 heterocycles. The molecule has 32 heavy (non-hydrogen) atoms. The summed E-state index contributed by atoms with van der Waals surface area (Å²) < 4.78 is 22.5. The predicted octanol–water partition coefficient (Wildman–Crippen LogP) is -1.27. The lowest BCUT2D eigenvalue weighted by atomic mass is 9.69. The van der Waals surface area contributed by atoms with Gasteiger partial charge in [-0.2, -0.15) is 0 Å². The summed E-state index contributed by atoms with van der Waals surface area (Å²) in [7, 11) is 0. The van der Waals surface area contributed by atoms with E-state index in [2.05, 4.69) is 13.8 Å². The van der Waals surface area contributed by atoms with Crippen molar-refractivity contribution in [2.75, 3.05) is 13.2 Å². The maximum absolute atomic E-state index is 10.4. The second-order valence-electron chi connectivity index (χ2n) is 10.6. The van der Waals surface area contributed by atoms with E-state index in [4.69, 9.17) is 18.9 Å². The number of hydrogen-bond donors (Lipinski definition) is 6. The number of fused-ring (bicyclic) bond motifs is 2. The zero-order chi connectivity index (χ0) is 23.4. The highest BCUT2D eigenvalue weighted by Crippen LogP contribution is 2.59. The van der Waals surface area contributed by atoms with E-state index in [1.807, 2.05) is 0 Å². The standard InChI is InChI=1S/C22H38O10/c1-9-14(23)16(25)18(27)20(31-9)30-8-13-15(24)17(26)19(28)21(32-13)29-7-12-10-4-5-11(6-10)22(12,2)3/h9-21,23-28H,4-8H2,1-3H3. The highest BCUT2D eigenvalue weighted by atomic mass is 16.7. The summed E-state index contributed by atoms with van der Waals surface area (Å²) in [5.41, 5.74) is 0.139. The molecule has 2 bridgehead atoms. The van der Waals surface area contributed by atoms with Gasteiger partial charge in [-0.15, -0.1) is 0 Å². The zero-order valence-electron chi connectivity index (χ0n) is 18.9. The number of rotatable bonds is 6. The lowest BCUT2D eigenvalue weighted by molar-refractivity contribution is -0.330. The van der Waals surface area contributed by atoms with Gasteiger partial charge in [0, 0.05) is 0 Å². The number of aliphatic hydroxyl groups is 6. The van der Waals surface area contributed by atoms with Crippen LogP contribution in [-0.4, -0.2) is 105 Å². The van der Waals surface area contributed by atoms with Gasteiger partial charge in [0.1, 0.15) is 42.7 Å². The van der Waals surface area contributed by atoms with E-state index in [1.54, 1.807) is 0 Å². The van der Waals surface area contributed by atoms with E-state index in [0.29, 0.717) is 24.4 Å². The van der Waals surface area contributed by atoms with Crippen molar-refractivity contribution < 1.29 is 49.6 Å². The van der Waals surface area contributed by atoms with Gasteiger partial charge >= 0.3 is 0 Å². The minimum absolute atomic E-state index is 0.139. The van der Waals surface area contributed by atoms with Crippen molar-refractivity contribution in [1.82, 2.24) is 0 Å². The Kier molecular flexibility index (Phi) is 7.21. The van der Waals surface area contributed by atoms with Gasteiger partial charge in [0.05, 0.1) is 19.3 Å². The molecule has 4 fully saturated rings. The first-order valence-corrected chi connectivity index (χ1v) is 11.6. The van der Waals surface area contributed by atoms with Crippen molar-refractivity contribution in [3.8, 4) is 0 Å². The second kappa shape index (κ2) is 9.33. The monoisotopic (exact) mass is 462 g/mol. The highest BCUT2D eigenvalue weighted by Gasteiger charge is 2.53. The molecule has 13 unspecified atom stereocenters. The summed E-state index contributed by atoms with van der Waals surface area (Å²) in [4.78, 5) is 0. The summed E-state index contributed by atoms with van der Waals surface area (Å²) >= 11 is 0. The fourth-order valence-corrected chi connectivity index (χ4v) is 6.05. The Morgan fingerprint density at radius 1 is 0.750 bits per heavy atom. The molecule has 10 nitrogen and oxygen atoms in total. The normalized spacial score (nSPS) is 53.0. The topological polar surface area (TPSA) is 158 Å². The van der Waals surface area contributed by atoms with Crippen LogP contribution in [0.1, 0.15) is 40.0 Å². The Balaban J connectivity index is 1.34. The maximum atomic E-state index is 10.4. The third kappa shape index (κ3) is 4.35. The van der Waals surface area contributed by atoms with Crippen molar-refractivity contribution >= 4 is 0 Å². The largest absolute Gasteiger partial charge is 0.388 e. The molecule has 0 radical (unpaired) electrons. The number of ether oxygens (including phenoxy) is 4. The Hall–Kier alpha value is -0.400. The van der Waals surface area contributed by atoms with E-state index in [1.165, 1.54) is 26.2 Å². The van der Waals surface area contributed by atoms with E-state index in [-0.39, 0.29) is 12.0 Å². The van der Waals surface area contributed by atoms with Crippen LogP contribution in [0, 0.1) is 23.2 Å². The molecule has 2 saturated carbocycles. The zero-order valence-corrected chi connectivity index (χ0v) is 18.9. The van der Waals surface area contributed by atoms with E-state index < -0.39 is 61.4 Å². The average molecular weight is 463 g/mol. The lowest BCUT2D eigenvalue weighted by Gasteiger charge is -2.43. The third-order valence-electron chi connectivity index (χ3n) is 8.39. The third-order valence-corrected chi connectivity index (χ3v) is 8.39. The molecule has 0 amide bonds. The molecule has 0 aromatic carbocycles. The minimum Gasteiger partial charge on any atom is -0.388 e. The van der Waals surface area contributed by atoms with Gasteiger partial charge < -0.3 is 49.6 Å². The summed E-state index contributed by atoms with van der Waals surface area (Å²) in [6, 6.07) is 0. The first-order chi connectivity index (χ1) is 15.0. The van der Waals surface area contributed by atoms with Gasteiger partial charge in [0.25, 0.3) is 0 Å². The van der Waals surface area contributed by atoms with Gasteiger partial charge in [0.2, 0.25) is 0 Å². The van der Waals surface area contributed by atoms with E-state index >= 15 is 0 Å². The van der Waals surface area contributed by atoms with Gasteiger partial charge in [-0.3, -0.25) is 0 Å². The molecule has 4 rings (SSSR count). The second-order valence-corrected chi connectivity index (χ2v) is 10.6. The van der Waals surface area contributed by atoms with Crippen LogP contribution >= 0.6 is 0 Å². The molecule has 186 valence electrons. The summed E-state index contributed by atoms with van der Waals surface area (Å²) in [5.74, 6) is 1.58. The van der Waals surface area contributed by atoms with Crippen LogP contribution in [0.2, 0.25) is 0 Å². The van der Waals surface area contributed by atoms with Crippen LogP contribution in [0.15, 0.2) is 0 Å². The molecular formula is C22H38O10. The molecule has 4 aliphatic rings. The minimum atomic E-state index is -1.50. The molecule has 13 atom stereocenters. The van der Waals surface area contributed by atoms with Gasteiger partial charge in [-0.25, -0.2) is 0 Å². The van der Waals surface area contributed by atoms with Crippen molar-refractivity contribution in [3.05, 3.63) is 0 Å². The highest BCUT2D eigenvalue weighted by molar-refractivity contribution is 5.02. The molecule has 0 spiro atoms. The molecule has 2 saturated heterocycles. The Morgan fingerprint density at radius 3 is 1.97 bits per heavy atom. The van der Waals surface area contributed by atoms with Gasteiger partial charge in [-0.1, -0.05) is 13.8 Å². The van der Waals surface area contributed by atoms with Crippen LogP contribution in [0.4, 0.5) is 0 Å². The Morgan fingerprint density at radius 2 is 1.34 bits per heavy atom. The van der Waals surface area contributed by atoms with Crippen LogP contribution in [0.5, 0.6) is 0 Å². The Bertz CT molecular complexity index is 646. The fraction of sp³-hybridized carbons (Fsp3) is 1.00. The lowest BCUT2D eigenvalue weighted by Crippen LogP contribution is -2.61. The Labute approximate surface area is 188 Å².